The molecule has 1 aliphatic carbocycles. The molecule has 1 atom stereocenters. The number of nitriles is 1. The van der Waals surface area contributed by atoms with Gasteiger partial charge in [0.25, 0.3) is 5.56 Å². The van der Waals surface area contributed by atoms with Gasteiger partial charge in [-0.25, -0.2) is 0 Å². The van der Waals surface area contributed by atoms with Gasteiger partial charge in [0, 0.05) is 35.4 Å². The maximum absolute atomic E-state index is 12.9. The van der Waals surface area contributed by atoms with Crippen LogP contribution in [0.1, 0.15) is 50.6 Å². The summed E-state index contributed by atoms with van der Waals surface area (Å²) in [6.45, 7) is 2.07. The van der Waals surface area contributed by atoms with Crippen molar-refractivity contribution in [2.75, 3.05) is 14.2 Å². The number of hydrogen-bond acceptors (Lipinski definition) is 4. The van der Waals surface area contributed by atoms with Crippen molar-refractivity contribution in [2.45, 2.75) is 51.2 Å². The number of halogens is 1. The summed E-state index contributed by atoms with van der Waals surface area (Å²) in [4.78, 5) is 12.9. The molecule has 0 saturated heterocycles. The van der Waals surface area contributed by atoms with Crippen LogP contribution in [-0.4, -0.2) is 24.9 Å². The molecule has 0 N–H and O–H groups in total. The van der Waals surface area contributed by atoms with E-state index in [2.05, 4.69) is 13.0 Å². The molecule has 1 saturated carbocycles. The summed E-state index contributed by atoms with van der Waals surface area (Å²) in [6.07, 6.45) is 7.48. The number of pyridine rings is 1. The van der Waals surface area contributed by atoms with Crippen molar-refractivity contribution in [2.24, 2.45) is 5.92 Å². The summed E-state index contributed by atoms with van der Waals surface area (Å²) in [5, 5.41) is 9.94. The Kier molecular flexibility index (Phi) is 7.00. The molecule has 0 aliphatic heterocycles. The maximum atomic E-state index is 12.9. The second-order valence-electron chi connectivity index (χ2n) is 7.77. The molecule has 2 aromatic rings. The van der Waals surface area contributed by atoms with Gasteiger partial charge in [-0.05, 0) is 63.1 Å². The van der Waals surface area contributed by atoms with E-state index in [0.717, 1.165) is 32.1 Å². The van der Waals surface area contributed by atoms with Crippen molar-refractivity contribution in [1.29, 1.82) is 5.26 Å². The third-order valence-electron chi connectivity index (χ3n) is 5.93. The molecule has 0 bridgehead atoms. The Hall–Kier alpha value is -2.29. The van der Waals surface area contributed by atoms with Crippen LogP contribution < -0.4 is 10.3 Å². The van der Waals surface area contributed by atoms with Crippen molar-refractivity contribution in [3.8, 4) is 22.9 Å². The van der Waals surface area contributed by atoms with Crippen molar-refractivity contribution in [1.82, 2.24) is 4.57 Å². The zero-order valence-electron chi connectivity index (χ0n) is 17.2. The lowest BCUT2D eigenvalue weighted by Crippen LogP contribution is -2.26. The number of nitrogens with zero attached hydrogens (tertiary/aromatic N) is 2. The monoisotopic (exact) mass is 414 g/mol. The molecule has 3 rings (SSSR count). The molecular formula is C23H27ClN2O3. The highest BCUT2D eigenvalue weighted by molar-refractivity contribution is 6.31. The molecule has 29 heavy (non-hydrogen) atoms. The number of rotatable bonds is 6. The van der Waals surface area contributed by atoms with Gasteiger partial charge < -0.3 is 14.0 Å². The van der Waals surface area contributed by atoms with Gasteiger partial charge in [0.05, 0.1) is 31.0 Å². The predicted molar refractivity (Wildman–Crippen MR) is 114 cm³/mol. The van der Waals surface area contributed by atoms with Gasteiger partial charge in [-0.3, -0.25) is 4.79 Å². The lowest BCUT2D eigenvalue weighted by molar-refractivity contribution is 0.0534. The molecule has 1 aliphatic rings. The molecule has 1 heterocycles. The standard InChI is InChI=1S/C23H27ClN2O3/c1-15(10-16-4-8-19(28-2)9-5-16)26-14-22(29-3)21(12-23(26)27)20-11-18(24)7-6-17(20)13-25/h6-7,11-12,14-16,19H,4-5,8-10H2,1-3H3. The number of aromatic nitrogens is 1. The van der Waals surface area contributed by atoms with Crippen molar-refractivity contribution >= 4 is 11.6 Å². The van der Waals surface area contributed by atoms with Crippen LogP contribution in [-0.2, 0) is 4.74 Å². The third kappa shape index (κ3) is 4.83. The highest BCUT2D eigenvalue weighted by Gasteiger charge is 2.24. The first kappa shape index (κ1) is 21.4. The van der Waals surface area contributed by atoms with E-state index in [1.54, 1.807) is 49.2 Å². The van der Waals surface area contributed by atoms with Gasteiger partial charge in [-0.15, -0.1) is 0 Å². The second kappa shape index (κ2) is 9.47. The van der Waals surface area contributed by atoms with Gasteiger partial charge in [0.15, 0.2) is 0 Å². The molecule has 0 spiro atoms. The molecule has 1 aromatic heterocycles. The van der Waals surface area contributed by atoms with Crippen LogP contribution in [0.5, 0.6) is 5.75 Å². The fraction of sp³-hybridized carbons (Fsp3) is 0.478. The second-order valence-corrected chi connectivity index (χ2v) is 8.20. The highest BCUT2D eigenvalue weighted by Crippen LogP contribution is 2.35. The predicted octanol–water partition coefficient (Wildman–Crippen LogP) is 5.21. The van der Waals surface area contributed by atoms with Crippen molar-refractivity contribution < 1.29 is 9.47 Å². The summed E-state index contributed by atoms with van der Waals surface area (Å²) in [7, 11) is 3.35. The summed E-state index contributed by atoms with van der Waals surface area (Å²) < 4.78 is 12.8. The zero-order chi connectivity index (χ0) is 21.0. The molecule has 0 radical (unpaired) electrons. The number of benzene rings is 1. The van der Waals surface area contributed by atoms with Crippen LogP contribution in [0.3, 0.4) is 0 Å². The van der Waals surface area contributed by atoms with E-state index in [-0.39, 0.29) is 11.6 Å². The molecule has 1 fully saturated rings. The number of hydrogen-bond donors (Lipinski definition) is 0. The Morgan fingerprint density at radius 1 is 1.21 bits per heavy atom. The summed E-state index contributed by atoms with van der Waals surface area (Å²) >= 11 is 6.13. The first-order valence-corrected chi connectivity index (χ1v) is 10.4. The first-order valence-electron chi connectivity index (χ1n) is 9.99. The van der Waals surface area contributed by atoms with E-state index in [4.69, 9.17) is 21.1 Å². The summed E-state index contributed by atoms with van der Waals surface area (Å²) in [5.74, 6) is 1.14. The normalized spacial score (nSPS) is 20.1. The minimum Gasteiger partial charge on any atom is -0.495 e. The van der Waals surface area contributed by atoms with Crippen LogP contribution in [0.15, 0.2) is 35.3 Å². The largest absolute Gasteiger partial charge is 0.495 e. The van der Waals surface area contributed by atoms with E-state index in [1.165, 1.54) is 0 Å². The van der Waals surface area contributed by atoms with Gasteiger partial charge in [0.2, 0.25) is 0 Å². The van der Waals surface area contributed by atoms with Crippen LogP contribution in [0.25, 0.3) is 11.1 Å². The van der Waals surface area contributed by atoms with Gasteiger partial charge >= 0.3 is 0 Å². The van der Waals surface area contributed by atoms with Crippen molar-refractivity contribution in [3.05, 3.63) is 51.4 Å². The average Bonchev–Trinajstić information content (AvgIpc) is 2.74. The van der Waals surface area contributed by atoms with E-state index in [9.17, 15) is 10.1 Å². The first-order chi connectivity index (χ1) is 14.0. The minimum atomic E-state index is -0.109. The molecule has 5 nitrogen and oxygen atoms in total. The SMILES string of the molecule is COc1cn(C(C)CC2CCC(OC)CC2)c(=O)cc1-c1cc(Cl)ccc1C#N. The Bertz CT molecular complexity index is 956. The van der Waals surface area contributed by atoms with Crippen LogP contribution in [0, 0.1) is 17.2 Å². The van der Waals surface area contributed by atoms with E-state index >= 15 is 0 Å². The van der Waals surface area contributed by atoms with Crippen LogP contribution in [0.4, 0.5) is 0 Å². The molecule has 154 valence electrons. The third-order valence-corrected chi connectivity index (χ3v) is 6.17. The van der Waals surface area contributed by atoms with Gasteiger partial charge in [-0.1, -0.05) is 11.6 Å². The van der Waals surface area contributed by atoms with Crippen molar-refractivity contribution in [3.63, 3.8) is 0 Å². The van der Waals surface area contributed by atoms with Crippen LogP contribution >= 0.6 is 11.6 Å². The zero-order valence-corrected chi connectivity index (χ0v) is 17.9. The minimum absolute atomic E-state index is 0.0596. The fourth-order valence-electron chi connectivity index (χ4n) is 4.28. The highest BCUT2D eigenvalue weighted by atomic mass is 35.5. The van der Waals surface area contributed by atoms with E-state index < -0.39 is 0 Å². The maximum Gasteiger partial charge on any atom is 0.251 e. The quantitative estimate of drug-likeness (QED) is 0.651. The van der Waals surface area contributed by atoms with Gasteiger partial charge in [0.1, 0.15) is 5.75 Å². The van der Waals surface area contributed by atoms with E-state index in [1.807, 2.05) is 0 Å². The Labute approximate surface area is 176 Å². The smallest absolute Gasteiger partial charge is 0.251 e. The van der Waals surface area contributed by atoms with Gasteiger partial charge in [-0.2, -0.15) is 5.26 Å². The number of ether oxygens (including phenoxy) is 2. The fourth-order valence-corrected chi connectivity index (χ4v) is 4.45. The Morgan fingerprint density at radius 2 is 1.93 bits per heavy atom. The molecule has 0 amide bonds. The summed E-state index contributed by atoms with van der Waals surface area (Å²) in [5.41, 5.74) is 1.53. The summed E-state index contributed by atoms with van der Waals surface area (Å²) in [6, 6.07) is 8.78. The Balaban J connectivity index is 1.88. The van der Waals surface area contributed by atoms with E-state index in [0.29, 0.717) is 39.5 Å². The lowest BCUT2D eigenvalue weighted by Gasteiger charge is -2.30. The molecular weight excluding hydrogens is 388 g/mol. The molecule has 6 heteroatoms. The average molecular weight is 415 g/mol. The molecule has 1 unspecified atom stereocenters. The Morgan fingerprint density at radius 3 is 2.55 bits per heavy atom. The van der Waals surface area contributed by atoms with Crippen LogP contribution in [0.2, 0.25) is 5.02 Å². The number of methoxy groups -OCH3 is 2. The topological polar surface area (TPSA) is 64.2 Å². The lowest BCUT2D eigenvalue weighted by atomic mass is 9.83. The molecule has 1 aromatic carbocycles.